The molecule has 1 saturated heterocycles. The maximum Gasteiger partial charge on any atom is 0.338 e. The fourth-order valence-corrected chi connectivity index (χ4v) is 1.96. The Morgan fingerprint density at radius 3 is 1.26 bits per heavy atom. The topological polar surface area (TPSA) is 404 Å². The summed E-state index contributed by atoms with van der Waals surface area (Å²) in [6.07, 6.45) is -1.05. The van der Waals surface area contributed by atoms with Crippen LogP contribution in [0.1, 0.15) is 20.3 Å². The highest BCUT2D eigenvalue weighted by atomic mass is 17.0. The summed E-state index contributed by atoms with van der Waals surface area (Å²) in [6, 6.07) is 0. The van der Waals surface area contributed by atoms with E-state index in [1.165, 1.54) is 6.92 Å². The molecule has 264 valence electrons. The van der Waals surface area contributed by atoms with Crippen LogP contribution in [0.25, 0.3) is 0 Å². The van der Waals surface area contributed by atoms with Gasteiger partial charge in [0.1, 0.15) is 0 Å². The molecule has 2 aliphatic rings. The molecule has 47 heavy (non-hydrogen) atoms. The third-order valence-electron chi connectivity index (χ3n) is 4.12. The highest BCUT2D eigenvalue weighted by Gasteiger charge is 2.51. The van der Waals surface area contributed by atoms with E-state index in [2.05, 4.69) is 16.1 Å². The number of aliphatic carboxylic acids is 8. The molecule has 0 bridgehead atoms. The Kier molecular flexibility index (Phi) is 26.9. The van der Waals surface area contributed by atoms with E-state index in [0.29, 0.717) is 12.2 Å². The number of ether oxygens (including phenoxy) is 3. The summed E-state index contributed by atoms with van der Waals surface area (Å²) >= 11 is 0. The number of carboxylic acid groups (broad SMARTS) is 8. The standard InChI is InChI=1S/C9H14O7.C4H4O5.C4H4O4.C4H2O3.C3H4O2.H2O2/c1-3-5(8(12)13)16-6(9(14)15)4(2)7(10)11;5-3(6)1-2(9-1)4(7)8;5-3(6)1-2-4(7)8;5-3-1-2-4(6)7-3;1-2-3(4)5;1-2/h4-6H,3H2,1-2H3,(H,10,11)(H,12,13)(H,14,15);1-2H,(H,5,6)(H,7,8);1-2H,(H,5,6)(H,7,8);1-2H;2H,1H2,(H,4,5);1-2H/b;;2-1-;;;. The van der Waals surface area contributed by atoms with Crippen molar-refractivity contribution in [3.05, 3.63) is 37.0 Å². The van der Waals surface area contributed by atoms with Crippen LogP contribution in [-0.4, -0.2) is 135 Å². The average Bonchev–Trinajstić information content (AvgIpc) is 3.71. The lowest BCUT2D eigenvalue weighted by molar-refractivity contribution is -0.176. The molecule has 1 fully saturated rings. The monoisotopic (exact) mass is 686 g/mol. The van der Waals surface area contributed by atoms with Gasteiger partial charge in [0.05, 0.1) is 5.92 Å². The summed E-state index contributed by atoms with van der Waals surface area (Å²) in [4.78, 5) is 99.9. The van der Waals surface area contributed by atoms with Crippen LogP contribution < -0.4 is 0 Å². The van der Waals surface area contributed by atoms with E-state index in [1.54, 1.807) is 0 Å². The molecule has 2 heterocycles. The van der Waals surface area contributed by atoms with Crippen LogP contribution in [0.15, 0.2) is 37.0 Å². The maximum absolute atomic E-state index is 10.7. The molecule has 0 aromatic rings. The van der Waals surface area contributed by atoms with E-state index in [-0.39, 0.29) is 6.42 Å². The fourth-order valence-electron chi connectivity index (χ4n) is 1.96. The Hall–Kier alpha value is -6.04. The van der Waals surface area contributed by atoms with Crippen LogP contribution in [0, 0.1) is 5.92 Å². The molecule has 0 saturated carbocycles. The maximum atomic E-state index is 10.7. The van der Waals surface area contributed by atoms with Gasteiger partial charge in [0.25, 0.3) is 0 Å². The van der Waals surface area contributed by atoms with Gasteiger partial charge in [0.2, 0.25) is 0 Å². The molecule has 0 aromatic heterocycles. The number of carbonyl (C=O) groups excluding carboxylic acids is 2. The van der Waals surface area contributed by atoms with Gasteiger partial charge < -0.3 is 55.1 Å². The van der Waals surface area contributed by atoms with Crippen molar-refractivity contribution in [3.8, 4) is 0 Å². The molecular weight excluding hydrogens is 656 g/mol. The lowest BCUT2D eigenvalue weighted by atomic mass is 10.1. The summed E-state index contributed by atoms with van der Waals surface area (Å²) in [5.74, 6) is -12.6. The highest BCUT2D eigenvalue weighted by Crippen LogP contribution is 2.21. The van der Waals surface area contributed by atoms with E-state index >= 15 is 0 Å². The zero-order chi connectivity index (χ0) is 38.0. The molecule has 0 spiro atoms. The third kappa shape index (κ3) is 27.3. The number of carboxylic acids is 8. The van der Waals surface area contributed by atoms with Crippen molar-refractivity contribution in [2.75, 3.05) is 0 Å². The van der Waals surface area contributed by atoms with Crippen molar-refractivity contribution in [1.29, 1.82) is 0 Å². The van der Waals surface area contributed by atoms with Crippen LogP contribution in [-0.2, 0) is 62.2 Å². The minimum absolute atomic E-state index is 0.0610. The Bertz CT molecular complexity index is 1150. The van der Waals surface area contributed by atoms with Gasteiger partial charge >= 0.3 is 59.7 Å². The van der Waals surface area contributed by atoms with E-state index in [4.69, 9.17) is 56.1 Å². The van der Waals surface area contributed by atoms with Crippen LogP contribution in [0.4, 0.5) is 0 Å². The quantitative estimate of drug-likeness (QED) is 0.0281. The van der Waals surface area contributed by atoms with Gasteiger partial charge in [-0.1, -0.05) is 13.5 Å². The van der Waals surface area contributed by atoms with Gasteiger partial charge in [-0.2, -0.15) is 0 Å². The Morgan fingerprint density at radius 2 is 1.11 bits per heavy atom. The zero-order valence-corrected chi connectivity index (χ0v) is 24.0. The summed E-state index contributed by atoms with van der Waals surface area (Å²) < 4.78 is 13.0. The molecule has 0 radical (unpaired) electrons. The van der Waals surface area contributed by atoms with Crippen molar-refractivity contribution in [3.63, 3.8) is 0 Å². The molecule has 5 atom stereocenters. The second-order valence-electron chi connectivity index (χ2n) is 7.54. The molecule has 23 nitrogen and oxygen atoms in total. The minimum Gasteiger partial charge on any atom is -0.481 e. The van der Waals surface area contributed by atoms with Crippen LogP contribution in [0.3, 0.4) is 0 Å². The van der Waals surface area contributed by atoms with Crippen LogP contribution >= 0.6 is 0 Å². The van der Waals surface area contributed by atoms with E-state index in [9.17, 15) is 47.9 Å². The molecule has 0 aliphatic carbocycles. The number of hydrogen-bond donors (Lipinski definition) is 10. The van der Waals surface area contributed by atoms with Crippen LogP contribution in [0.2, 0.25) is 0 Å². The summed E-state index contributed by atoms with van der Waals surface area (Å²) in [7, 11) is 0. The van der Waals surface area contributed by atoms with Gasteiger partial charge in [-0.25, -0.2) is 43.2 Å². The molecule has 2 aliphatic heterocycles. The number of rotatable bonds is 12. The summed E-state index contributed by atoms with van der Waals surface area (Å²) in [5.41, 5.74) is 0. The third-order valence-corrected chi connectivity index (χ3v) is 4.12. The van der Waals surface area contributed by atoms with Crippen LogP contribution in [0.5, 0.6) is 0 Å². The van der Waals surface area contributed by atoms with Crippen molar-refractivity contribution in [2.24, 2.45) is 5.92 Å². The first-order valence-corrected chi connectivity index (χ1v) is 11.7. The first-order valence-electron chi connectivity index (χ1n) is 11.7. The Labute approximate surface area is 261 Å². The van der Waals surface area contributed by atoms with E-state index < -0.39 is 90.0 Å². The Balaban J connectivity index is -0.000000256. The van der Waals surface area contributed by atoms with Crippen molar-refractivity contribution in [1.82, 2.24) is 0 Å². The predicted octanol–water partition coefficient (Wildman–Crippen LogP) is -1.42. The van der Waals surface area contributed by atoms with Gasteiger partial charge in [-0.3, -0.25) is 15.3 Å². The molecule has 2 rings (SSSR count). The molecule has 0 aromatic carbocycles. The Morgan fingerprint density at radius 1 is 0.745 bits per heavy atom. The molecule has 10 N–H and O–H groups in total. The number of esters is 2. The molecular formula is C24H30O23. The minimum atomic E-state index is -1.67. The lowest BCUT2D eigenvalue weighted by Gasteiger charge is -2.21. The lowest BCUT2D eigenvalue weighted by Crippen LogP contribution is -2.40. The zero-order valence-electron chi connectivity index (χ0n) is 24.0. The second kappa shape index (κ2) is 26.4. The smallest absolute Gasteiger partial charge is 0.338 e. The fraction of sp³-hybridized carbons (Fsp3) is 0.333. The van der Waals surface area contributed by atoms with Gasteiger partial charge in [0.15, 0.2) is 24.4 Å². The SMILES string of the molecule is C=CC(=O)O.CCC(OC(C(=O)O)C(C)C(=O)O)C(=O)O.O=C(O)/C=C\C(=O)O.O=C(O)C1OC1C(=O)O.O=C1C=CC(=O)O1.OO. The van der Waals surface area contributed by atoms with Crippen molar-refractivity contribution >= 4 is 59.7 Å². The van der Waals surface area contributed by atoms with Gasteiger partial charge in [0, 0.05) is 30.4 Å². The van der Waals surface area contributed by atoms with Gasteiger partial charge in [-0.05, 0) is 13.3 Å². The predicted molar refractivity (Wildman–Crippen MR) is 143 cm³/mol. The largest absolute Gasteiger partial charge is 0.481 e. The van der Waals surface area contributed by atoms with Crippen molar-refractivity contribution in [2.45, 2.75) is 44.7 Å². The first-order chi connectivity index (χ1) is 21.6. The molecule has 23 heteroatoms. The van der Waals surface area contributed by atoms with Gasteiger partial charge in [-0.15, -0.1) is 0 Å². The molecule has 0 amide bonds. The molecule has 5 unspecified atom stereocenters. The number of carbonyl (C=O) groups is 10. The number of cyclic esters (lactones) is 2. The van der Waals surface area contributed by atoms with E-state index in [0.717, 1.165) is 25.2 Å². The van der Waals surface area contributed by atoms with E-state index in [1.807, 2.05) is 0 Å². The average molecular weight is 686 g/mol. The summed E-state index contributed by atoms with van der Waals surface area (Å²) in [6.45, 7) is 5.61. The summed E-state index contributed by atoms with van der Waals surface area (Å²) in [5, 5.41) is 77.4. The highest BCUT2D eigenvalue weighted by molar-refractivity contribution is 6.04. The number of hydrogen-bond acceptors (Lipinski definition) is 15. The normalized spacial score (nSPS) is 16.6. The van der Waals surface area contributed by atoms with Crippen molar-refractivity contribution < 1.29 is 114 Å². The second-order valence-corrected chi connectivity index (χ2v) is 7.54. The number of epoxide rings is 1. The first kappa shape index (κ1) is 47.9.